The second-order valence-electron chi connectivity index (χ2n) is 7.98. The summed E-state index contributed by atoms with van der Waals surface area (Å²) in [6.45, 7) is 7.88. The van der Waals surface area contributed by atoms with Crippen LogP contribution in [0.2, 0.25) is 0 Å². The highest BCUT2D eigenvalue weighted by Crippen LogP contribution is 2.29. The number of nitrogens with zero attached hydrogens (tertiary/aromatic N) is 2. The highest BCUT2D eigenvalue weighted by molar-refractivity contribution is 6.06. The smallest absolute Gasteiger partial charge is 0.273 e. The minimum Gasteiger partial charge on any atom is -0.494 e. The zero-order valence-electron chi connectivity index (χ0n) is 18.2. The number of anilines is 1. The molecule has 0 unspecified atom stereocenters. The van der Waals surface area contributed by atoms with Gasteiger partial charge >= 0.3 is 0 Å². The average molecular weight is 426 g/mol. The van der Waals surface area contributed by atoms with Gasteiger partial charge < -0.3 is 10.1 Å². The summed E-state index contributed by atoms with van der Waals surface area (Å²) in [6, 6.07) is 11.1. The number of benzene rings is 2. The number of carbonyl (C=O) groups is 2. The van der Waals surface area contributed by atoms with E-state index >= 15 is 0 Å². The molecular weight excluding hydrogens is 400 g/mol. The number of methoxy groups -OCH3 is 1. The molecule has 31 heavy (non-hydrogen) atoms. The molecule has 0 aliphatic carbocycles. The van der Waals surface area contributed by atoms with Gasteiger partial charge in [0.2, 0.25) is 5.91 Å². The molecule has 2 amide bonds. The van der Waals surface area contributed by atoms with Crippen molar-refractivity contribution < 1.29 is 19.2 Å². The fraction of sp³-hybridized carbons (Fsp3) is 0.318. The first kappa shape index (κ1) is 23.5. The van der Waals surface area contributed by atoms with Crippen molar-refractivity contribution in [2.75, 3.05) is 12.4 Å². The predicted molar refractivity (Wildman–Crippen MR) is 119 cm³/mol. The summed E-state index contributed by atoms with van der Waals surface area (Å²) >= 11 is 0. The molecule has 0 atom stereocenters. The number of hydrogen-bond acceptors (Lipinski definition) is 6. The Balaban J connectivity index is 1.97. The monoisotopic (exact) mass is 426 g/mol. The van der Waals surface area contributed by atoms with Crippen molar-refractivity contribution in [2.45, 2.75) is 39.5 Å². The molecule has 0 fully saturated rings. The Hall–Kier alpha value is -3.75. The molecule has 0 aliphatic heterocycles. The number of ether oxygens (including phenoxy) is 1. The van der Waals surface area contributed by atoms with Crippen molar-refractivity contribution in [3.05, 3.63) is 63.7 Å². The van der Waals surface area contributed by atoms with Crippen LogP contribution in [0, 0.1) is 10.1 Å². The van der Waals surface area contributed by atoms with Gasteiger partial charge in [0.15, 0.2) is 0 Å². The van der Waals surface area contributed by atoms with Crippen LogP contribution < -0.4 is 15.5 Å². The second-order valence-corrected chi connectivity index (χ2v) is 7.98. The van der Waals surface area contributed by atoms with Gasteiger partial charge in [-0.1, -0.05) is 32.9 Å². The van der Waals surface area contributed by atoms with Crippen LogP contribution >= 0.6 is 0 Å². The summed E-state index contributed by atoms with van der Waals surface area (Å²) < 4.78 is 5.09. The summed E-state index contributed by atoms with van der Waals surface area (Å²) in [5, 5.41) is 17.4. The van der Waals surface area contributed by atoms with E-state index in [1.165, 1.54) is 25.3 Å². The van der Waals surface area contributed by atoms with Crippen LogP contribution in [-0.2, 0) is 10.2 Å². The van der Waals surface area contributed by atoms with Gasteiger partial charge in [-0.15, -0.1) is 0 Å². The van der Waals surface area contributed by atoms with E-state index in [0.29, 0.717) is 17.0 Å². The van der Waals surface area contributed by atoms with Gasteiger partial charge in [-0.25, -0.2) is 5.43 Å². The molecule has 0 spiro atoms. The van der Waals surface area contributed by atoms with Gasteiger partial charge in [0.05, 0.1) is 30.2 Å². The van der Waals surface area contributed by atoms with Crippen molar-refractivity contribution in [1.82, 2.24) is 5.43 Å². The Morgan fingerprint density at radius 1 is 1.13 bits per heavy atom. The van der Waals surface area contributed by atoms with Crippen molar-refractivity contribution >= 4 is 28.9 Å². The van der Waals surface area contributed by atoms with E-state index in [2.05, 4.69) is 36.6 Å². The number of rotatable bonds is 7. The number of nitro benzene ring substituents is 1. The topological polar surface area (TPSA) is 123 Å². The fourth-order valence-corrected chi connectivity index (χ4v) is 2.70. The Labute approximate surface area is 180 Å². The summed E-state index contributed by atoms with van der Waals surface area (Å²) in [6.07, 6.45) is -0.0800. The SMILES string of the molecule is COc1cc([N+](=O)[O-])ccc1NC(=O)C/C(C)=N/NC(=O)c1ccc(C(C)(C)C)cc1. The van der Waals surface area contributed by atoms with Crippen LogP contribution in [0.15, 0.2) is 47.6 Å². The minimum absolute atomic E-state index is 0.0105. The van der Waals surface area contributed by atoms with Crippen LogP contribution in [0.5, 0.6) is 5.75 Å². The van der Waals surface area contributed by atoms with Crippen molar-refractivity contribution in [1.29, 1.82) is 0 Å². The number of carbonyl (C=O) groups excluding carboxylic acids is 2. The Morgan fingerprint density at radius 3 is 2.32 bits per heavy atom. The Bertz CT molecular complexity index is 1010. The van der Waals surface area contributed by atoms with Crippen molar-refractivity contribution in [3.63, 3.8) is 0 Å². The highest BCUT2D eigenvalue weighted by Gasteiger charge is 2.15. The maximum absolute atomic E-state index is 12.3. The number of non-ortho nitro benzene ring substituents is 1. The maximum atomic E-state index is 12.3. The van der Waals surface area contributed by atoms with E-state index in [4.69, 9.17) is 4.74 Å². The molecule has 2 aromatic carbocycles. The molecule has 0 bridgehead atoms. The molecule has 164 valence electrons. The molecule has 2 N–H and O–H groups in total. The predicted octanol–water partition coefficient (Wildman–Crippen LogP) is 4.04. The van der Waals surface area contributed by atoms with E-state index in [0.717, 1.165) is 5.56 Å². The third-order valence-corrected chi connectivity index (χ3v) is 4.45. The highest BCUT2D eigenvalue weighted by atomic mass is 16.6. The van der Waals surface area contributed by atoms with Crippen LogP contribution in [0.3, 0.4) is 0 Å². The molecule has 9 heteroatoms. The number of amides is 2. The van der Waals surface area contributed by atoms with E-state index in [1.54, 1.807) is 19.1 Å². The standard InChI is InChI=1S/C22H26N4O5/c1-14(24-25-21(28)15-6-8-16(9-7-15)22(2,3)4)12-20(27)23-18-11-10-17(26(29)30)13-19(18)31-5/h6-11,13H,12H2,1-5H3,(H,23,27)(H,25,28)/b24-14+. The summed E-state index contributed by atoms with van der Waals surface area (Å²) in [7, 11) is 1.35. The first-order valence-electron chi connectivity index (χ1n) is 9.57. The molecule has 0 heterocycles. The molecule has 0 saturated carbocycles. The molecule has 0 aromatic heterocycles. The Morgan fingerprint density at radius 2 is 1.77 bits per heavy atom. The minimum atomic E-state index is -0.551. The fourth-order valence-electron chi connectivity index (χ4n) is 2.70. The van der Waals surface area contributed by atoms with E-state index < -0.39 is 10.8 Å². The molecular formula is C22H26N4O5. The lowest BCUT2D eigenvalue weighted by atomic mass is 9.87. The lowest BCUT2D eigenvalue weighted by Gasteiger charge is -2.18. The maximum Gasteiger partial charge on any atom is 0.273 e. The van der Waals surface area contributed by atoms with Crippen molar-refractivity contribution in [3.8, 4) is 5.75 Å². The summed E-state index contributed by atoms with van der Waals surface area (Å²) in [4.78, 5) is 34.8. The van der Waals surface area contributed by atoms with Crippen LogP contribution in [0.1, 0.15) is 50.0 Å². The molecule has 0 aliphatic rings. The number of hydrazone groups is 1. The largest absolute Gasteiger partial charge is 0.494 e. The third-order valence-electron chi connectivity index (χ3n) is 4.45. The molecule has 0 saturated heterocycles. The van der Waals surface area contributed by atoms with Gasteiger partial charge in [0, 0.05) is 17.3 Å². The number of hydrogen-bond donors (Lipinski definition) is 2. The third kappa shape index (κ3) is 6.63. The first-order valence-corrected chi connectivity index (χ1v) is 9.57. The summed E-state index contributed by atoms with van der Waals surface area (Å²) in [5.41, 5.74) is 4.54. The molecule has 2 aromatic rings. The zero-order chi connectivity index (χ0) is 23.2. The van der Waals surface area contributed by atoms with E-state index in [9.17, 15) is 19.7 Å². The lowest BCUT2D eigenvalue weighted by Crippen LogP contribution is -2.22. The lowest BCUT2D eigenvalue weighted by molar-refractivity contribution is -0.384. The first-order chi connectivity index (χ1) is 14.5. The Kier molecular flexibility index (Phi) is 7.47. The molecule has 9 nitrogen and oxygen atoms in total. The van der Waals surface area contributed by atoms with Crippen LogP contribution in [-0.4, -0.2) is 29.6 Å². The molecule has 2 rings (SSSR count). The van der Waals surface area contributed by atoms with E-state index in [1.807, 2.05) is 12.1 Å². The van der Waals surface area contributed by atoms with Gasteiger partial charge in [0.25, 0.3) is 11.6 Å². The van der Waals surface area contributed by atoms with Gasteiger partial charge in [0.1, 0.15) is 5.75 Å². The normalized spacial score (nSPS) is 11.6. The van der Waals surface area contributed by atoms with Gasteiger partial charge in [-0.3, -0.25) is 19.7 Å². The van der Waals surface area contributed by atoms with Gasteiger partial charge in [-0.2, -0.15) is 5.10 Å². The summed E-state index contributed by atoms with van der Waals surface area (Å²) in [5.74, 6) is -0.612. The quantitative estimate of drug-likeness (QED) is 0.393. The average Bonchev–Trinajstić information content (AvgIpc) is 2.71. The van der Waals surface area contributed by atoms with Crippen LogP contribution in [0.4, 0.5) is 11.4 Å². The number of nitro groups is 1. The molecule has 0 radical (unpaired) electrons. The van der Waals surface area contributed by atoms with Gasteiger partial charge in [-0.05, 0) is 36.1 Å². The second kappa shape index (κ2) is 9.84. The van der Waals surface area contributed by atoms with Crippen molar-refractivity contribution in [2.24, 2.45) is 5.10 Å². The number of nitrogens with one attached hydrogen (secondary N) is 2. The van der Waals surface area contributed by atoms with Crippen LogP contribution in [0.25, 0.3) is 0 Å². The zero-order valence-corrected chi connectivity index (χ0v) is 18.2. The van der Waals surface area contributed by atoms with E-state index in [-0.39, 0.29) is 29.2 Å².